The Bertz CT molecular complexity index is 307. The van der Waals surface area contributed by atoms with E-state index in [1.165, 1.54) is 0 Å². The van der Waals surface area contributed by atoms with Crippen molar-refractivity contribution in [2.75, 3.05) is 12.0 Å². The first-order chi connectivity index (χ1) is 5.72. The molecule has 0 rings (SSSR count). The second kappa shape index (κ2) is 4.22. The molecule has 6 nitrogen and oxygen atoms in total. The van der Waals surface area contributed by atoms with Crippen LogP contribution in [0.15, 0.2) is 0 Å². The third-order valence-electron chi connectivity index (χ3n) is 1.15. The van der Waals surface area contributed by atoms with Crippen LogP contribution in [-0.4, -0.2) is 43.5 Å². The van der Waals surface area contributed by atoms with Crippen LogP contribution >= 0.6 is 0 Å². The molecule has 0 aliphatic rings. The zero-order valence-electron chi connectivity index (χ0n) is 7.27. The Morgan fingerprint density at radius 1 is 1.46 bits per heavy atom. The van der Waals surface area contributed by atoms with Gasteiger partial charge in [0.2, 0.25) is 5.91 Å². The van der Waals surface area contributed by atoms with E-state index in [2.05, 4.69) is 0 Å². The smallest absolute Gasteiger partial charge is 0.327 e. The van der Waals surface area contributed by atoms with E-state index in [0.29, 0.717) is 0 Å². The molecule has 7 heteroatoms. The van der Waals surface area contributed by atoms with E-state index < -0.39 is 33.5 Å². The first-order valence-electron chi connectivity index (χ1n) is 3.40. The highest BCUT2D eigenvalue weighted by molar-refractivity contribution is 7.90. The predicted molar refractivity (Wildman–Crippen MR) is 45.0 cm³/mol. The number of rotatable bonds is 4. The quantitative estimate of drug-likeness (QED) is 0.594. The van der Waals surface area contributed by atoms with E-state index in [0.717, 1.165) is 13.2 Å². The molecule has 0 aliphatic carbocycles. The van der Waals surface area contributed by atoms with E-state index >= 15 is 0 Å². The van der Waals surface area contributed by atoms with Gasteiger partial charge < -0.3 is 10.4 Å². The number of sulfone groups is 1. The van der Waals surface area contributed by atoms with Crippen LogP contribution in [0.25, 0.3) is 0 Å². The van der Waals surface area contributed by atoms with Crippen LogP contribution in [0.2, 0.25) is 0 Å². The van der Waals surface area contributed by atoms with Crippen molar-refractivity contribution in [3.05, 3.63) is 0 Å². The fraction of sp³-hybridized carbons (Fsp3) is 0.667. The number of carbonyl (C=O) groups is 2. The summed E-state index contributed by atoms with van der Waals surface area (Å²) in [7, 11) is -3.41. The highest BCUT2D eigenvalue weighted by Gasteiger charge is 2.22. The van der Waals surface area contributed by atoms with E-state index in [1.807, 2.05) is 5.32 Å². The lowest BCUT2D eigenvalue weighted by Gasteiger charge is -2.11. The van der Waals surface area contributed by atoms with Gasteiger partial charge in [-0.25, -0.2) is 13.2 Å². The standard InChI is InChI=1S/C6H11NO5S/c1-4(8)7-5(6(9)10)3-13(2,11)12/h5H,3H2,1-2H3,(H,7,8)(H,9,10). The molecule has 0 fully saturated rings. The van der Waals surface area contributed by atoms with Gasteiger partial charge in [0.05, 0.1) is 5.75 Å². The van der Waals surface area contributed by atoms with Gasteiger partial charge in [0, 0.05) is 13.2 Å². The molecule has 2 N–H and O–H groups in total. The van der Waals surface area contributed by atoms with Crippen molar-refractivity contribution in [2.24, 2.45) is 0 Å². The first-order valence-corrected chi connectivity index (χ1v) is 5.46. The van der Waals surface area contributed by atoms with E-state index in [9.17, 15) is 18.0 Å². The Hall–Kier alpha value is -1.11. The predicted octanol–water partition coefficient (Wildman–Crippen LogP) is -1.38. The number of carbonyl (C=O) groups excluding carboxylic acids is 1. The molecular formula is C6H11NO5S. The summed E-state index contributed by atoms with van der Waals surface area (Å²) in [5.41, 5.74) is 0. The number of aliphatic carboxylic acids is 1. The van der Waals surface area contributed by atoms with Gasteiger partial charge in [-0.1, -0.05) is 0 Å². The molecule has 1 unspecified atom stereocenters. The number of hydrogen-bond acceptors (Lipinski definition) is 4. The van der Waals surface area contributed by atoms with Gasteiger partial charge in [0.1, 0.15) is 15.9 Å². The number of carboxylic acids is 1. The topological polar surface area (TPSA) is 101 Å². The van der Waals surface area contributed by atoms with Crippen molar-refractivity contribution < 1.29 is 23.1 Å². The molecule has 1 amide bonds. The highest BCUT2D eigenvalue weighted by atomic mass is 32.2. The Kier molecular flexibility index (Phi) is 3.86. The van der Waals surface area contributed by atoms with Crippen LogP contribution < -0.4 is 5.32 Å². The maximum atomic E-state index is 10.7. The van der Waals surface area contributed by atoms with E-state index in [-0.39, 0.29) is 0 Å². The Balaban J connectivity index is 4.45. The summed E-state index contributed by atoms with van der Waals surface area (Å²) < 4.78 is 21.4. The van der Waals surface area contributed by atoms with Crippen molar-refractivity contribution in [2.45, 2.75) is 13.0 Å². The minimum atomic E-state index is -3.41. The lowest BCUT2D eigenvalue weighted by atomic mass is 10.3. The van der Waals surface area contributed by atoms with Crippen LogP contribution in [0.4, 0.5) is 0 Å². The molecule has 0 aromatic rings. The first kappa shape index (κ1) is 11.9. The van der Waals surface area contributed by atoms with Crippen LogP contribution in [0.3, 0.4) is 0 Å². The minimum Gasteiger partial charge on any atom is -0.480 e. The molecule has 1 atom stereocenters. The highest BCUT2D eigenvalue weighted by Crippen LogP contribution is 1.91. The van der Waals surface area contributed by atoms with Gasteiger partial charge >= 0.3 is 5.97 Å². The monoisotopic (exact) mass is 209 g/mol. The van der Waals surface area contributed by atoms with E-state index in [1.54, 1.807) is 0 Å². The molecule has 0 aliphatic heterocycles. The number of amides is 1. The Morgan fingerprint density at radius 2 is 1.92 bits per heavy atom. The molecular weight excluding hydrogens is 198 g/mol. The van der Waals surface area contributed by atoms with Gasteiger partial charge in [0.25, 0.3) is 0 Å². The third kappa shape index (κ3) is 6.09. The molecule has 0 heterocycles. The van der Waals surface area contributed by atoms with Crippen molar-refractivity contribution in [3.8, 4) is 0 Å². The molecule has 13 heavy (non-hydrogen) atoms. The van der Waals surface area contributed by atoms with Gasteiger partial charge in [0.15, 0.2) is 0 Å². The van der Waals surface area contributed by atoms with E-state index in [4.69, 9.17) is 5.11 Å². The summed E-state index contributed by atoms with van der Waals surface area (Å²) in [4.78, 5) is 20.9. The zero-order valence-corrected chi connectivity index (χ0v) is 8.09. The second-order valence-corrected chi connectivity index (χ2v) is 4.87. The van der Waals surface area contributed by atoms with Gasteiger partial charge in [-0.2, -0.15) is 0 Å². The van der Waals surface area contributed by atoms with Gasteiger partial charge in [-0.05, 0) is 0 Å². The van der Waals surface area contributed by atoms with Crippen molar-refractivity contribution >= 4 is 21.7 Å². The average molecular weight is 209 g/mol. The number of nitrogens with one attached hydrogen (secondary N) is 1. The summed E-state index contributed by atoms with van der Waals surface area (Å²) in [5, 5.41) is 10.5. The van der Waals surface area contributed by atoms with Crippen molar-refractivity contribution in [3.63, 3.8) is 0 Å². The molecule has 0 aromatic carbocycles. The fourth-order valence-corrected chi connectivity index (χ4v) is 1.55. The molecule has 0 bridgehead atoms. The third-order valence-corrected chi connectivity index (χ3v) is 2.08. The summed E-state index contributed by atoms with van der Waals surface area (Å²) in [6.07, 6.45) is 0.907. The molecule has 0 radical (unpaired) electrons. The number of carboxylic acid groups (broad SMARTS) is 1. The van der Waals surface area contributed by atoms with Gasteiger partial charge in [-0.15, -0.1) is 0 Å². The second-order valence-electron chi connectivity index (χ2n) is 2.68. The largest absolute Gasteiger partial charge is 0.480 e. The number of hydrogen-bond donors (Lipinski definition) is 2. The summed E-state index contributed by atoms with van der Waals surface area (Å²) in [6, 6.07) is -1.37. The molecule has 0 aromatic heterocycles. The molecule has 0 saturated carbocycles. The lowest BCUT2D eigenvalue weighted by Crippen LogP contribution is -2.44. The minimum absolute atomic E-state index is 0.573. The SMILES string of the molecule is CC(=O)NC(CS(C)(=O)=O)C(=O)O. The Labute approximate surface area is 75.9 Å². The fourth-order valence-electron chi connectivity index (χ4n) is 0.723. The molecule has 76 valence electrons. The van der Waals surface area contributed by atoms with Crippen LogP contribution in [0, 0.1) is 0 Å². The maximum absolute atomic E-state index is 10.7. The summed E-state index contributed by atoms with van der Waals surface area (Å²) in [6.45, 7) is 1.12. The lowest BCUT2D eigenvalue weighted by molar-refractivity contribution is -0.140. The van der Waals surface area contributed by atoms with Crippen molar-refractivity contribution in [1.29, 1.82) is 0 Å². The van der Waals surface area contributed by atoms with Crippen LogP contribution in [-0.2, 0) is 19.4 Å². The zero-order chi connectivity index (χ0) is 10.6. The van der Waals surface area contributed by atoms with Crippen LogP contribution in [0.5, 0.6) is 0 Å². The Morgan fingerprint density at radius 3 is 2.15 bits per heavy atom. The van der Waals surface area contributed by atoms with Crippen LogP contribution in [0.1, 0.15) is 6.92 Å². The summed E-state index contributed by atoms with van der Waals surface area (Å²) >= 11 is 0. The molecule has 0 saturated heterocycles. The summed E-state index contributed by atoms with van der Waals surface area (Å²) in [5.74, 6) is -2.53. The molecule has 0 spiro atoms. The normalized spacial score (nSPS) is 13.4. The average Bonchev–Trinajstić information content (AvgIpc) is 1.81. The van der Waals surface area contributed by atoms with Gasteiger partial charge in [-0.3, -0.25) is 4.79 Å². The maximum Gasteiger partial charge on any atom is 0.327 e. The van der Waals surface area contributed by atoms with Crippen molar-refractivity contribution in [1.82, 2.24) is 5.32 Å².